The van der Waals surface area contributed by atoms with Gasteiger partial charge in [-0.25, -0.2) is 4.79 Å². The van der Waals surface area contributed by atoms with E-state index in [0.29, 0.717) is 6.42 Å². The molecule has 8 nitrogen and oxygen atoms in total. The monoisotopic (exact) mass is 434 g/mol. The summed E-state index contributed by atoms with van der Waals surface area (Å²) in [5, 5.41) is 4.66. The van der Waals surface area contributed by atoms with Crippen molar-refractivity contribution in [1.29, 1.82) is 0 Å². The van der Waals surface area contributed by atoms with Crippen LogP contribution in [0.15, 0.2) is 60.5 Å². The fourth-order valence-corrected chi connectivity index (χ4v) is 2.46. The molecule has 2 atom stereocenters. The molecule has 0 spiro atoms. The number of carbonyl (C=O) groups is 3. The van der Waals surface area contributed by atoms with Crippen LogP contribution in [0, 0.1) is 0 Å². The molecule has 3 amide bonds. The van der Waals surface area contributed by atoms with E-state index in [1.54, 1.807) is 12.1 Å². The molecule has 0 saturated heterocycles. The first kappa shape index (κ1) is 14.6. The summed E-state index contributed by atoms with van der Waals surface area (Å²) in [5.41, 5.74) is 10.9. The third-order valence-electron chi connectivity index (χ3n) is 4.05. The van der Waals surface area contributed by atoms with E-state index in [1.807, 2.05) is 18.2 Å². The van der Waals surface area contributed by atoms with Gasteiger partial charge < -0.3 is 26.8 Å². The van der Waals surface area contributed by atoms with Crippen LogP contribution in [0.2, 0.25) is 0 Å². The number of nitrogens with two attached hydrogens (primary N) is 2. The van der Waals surface area contributed by atoms with Crippen molar-refractivity contribution in [3.63, 3.8) is 0 Å². The van der Waals surface area contributed by atoms with E-state index in [0.717, 1.165) is 5.56 Å². The first-order chi connectivity index (χ1) is 18.1. The number of ether oxygens (including phenoxy) is 1. The molecule has 0 fully saturated rings. The molecule has 0 aliphatic carbocycles. The topological polar surface area (TPSA) is 137 Å². The lowest BCUT2D eigenvalue weighted by molar-refractivity contribution is -0.128. The maximum Gasteiger partial charge on any atom is 0.407 e. The molecule has 0 radical (unpaired) electrons. The van der Waals surface area contributed by atoms with E-state index in [1.165, 1.54) is 0 Å². The van der Waals surface area contributed by atoms with Crippen LogP contribution in [0.25, 0.3) is 0 Å². The van der Waals surface area contributed by atoms with E-state index in [4.69, 9.17) is 27.2 Å². The van der Waals surface area contributed by atoms with Crippen molar-refractivity contribution in [2.45, 2.75) is 44.3 Å². The summed E-state index contributed by atoms with van der Waals surface area (Å²) >= 11 is 0. The summed E-state index contributed by atoms with van der Waals surface area (Å²) in [6, 6.07) is 0.0660. The molecule has 0 aliphatic heterocycles. The summed E-state index contributed by atoms with van der Waals surface area (Å²) in [6.45, 7) is 0.275. The van der Waals surface area contributed by atoms with E-state index in [-0.39, 0.29) is 26.0 Å². The molecule has 2 rings (SSSR count). The Hall–Kier alpha value is -3.39. The van der Waals surface area contributed by atoms with Crippen LogP contribution in [0.1, 0.15) is 41.4 Å². The summed E-state index contributed by atoms with van der Waals surface area (Å²) < 4.78 is 68.9. The first-order valence-electron chi connectivity index (χ1n) is 13.5. The number of hydrogen-bond donors (Lipinski definition) is 4. The molecule has 31 heavy (non-hydrogen) atoms. The van der Waals surface area contributed by atoms with Crippen molar-refractivity contribution in [2.24, 2.45) is 11.5 Å². The smallest absolute Gasteiger partial charge is 0.407 e. The van der Waals surface area contributed by atoms with Gasteiger partial charge >= 0.3 is 6.09 Å². The standard InChI is InChI=1S/C23H30N4O4/c24-19(15-17-9-3-1-4-10-17)22(29)27-20(21(25)28)13-7-8-14-26-23(30)31-16-18-11-5-2-6-12-18/h1-6,9-12,19-20H,7-8,13-16,24H2,(H2,25,28)(H,26,30)(H,27,29)/t19-,20-/m0/s1/i1D,3D,4D,9D,10D,15D2,19D. The van der Waals surface area contributed by atoms with Crippen molar-refractivity contribution >= 4 is 17.9 Å². The van der Waals surface area contributed by atoms with Gasteiger partial charge in [-0.3, -0.25) is 9.59 Å². The number of primary amides is 1. The van der Waals surface area contributed by atoms with Gasteiger partial charge in [0.15, 0.2) is 0 Å². The average Bonchev–Trinajstić information content (AvgIpc) is 2.88. The minimum absolute atomic E-state index is 0.0322. The lowest BCUT2D eigenvalue weighted by Gasteiger charge is -2.18. The van der Waals surface area contributed by atoms with Crippen LogP contribution in [-0.2, 0) is 27.3 Å². The fraction of sp³-hybridized carbons (Fsp3) is 0.348. The number of nitrogens with one attached hydrogen (secondary N) is 2. The predicted octanol–water partition coefficient (Wildman–Crippen LogP) is 1.62. The molecular formula is C23H30N4O4. The predicted molar refractivity (Wildman–Crippen MR) is 118 cm³/mol. The van der Waals surface area contributed by atoms with Gasteiger partial charge in [-0.15, -0.1) is 0 Å². The second-order valence-corrected chi connectivity index (χ2v) is 6.45. The van der Waals surface area contributed by atoms with Gasteiger partial charge in [-0.2, -0.15) is 0 Å². The Morgan fingerprint density at radius 1 is 1.10 bits per heavy atom. The average molecular weight is 435 g/mol. The molecule has 0 heterocycles. The molecule has 6 N–H and O–H groups in total. The molecule has 0 aliphatic rings. The molecule has 2 aromatic carbocycles. The van der Waals surface area contributed by atoms with Gasteiger partial charge in [-0.1, -0.05) is 60.5 Å². The van der Waals surface area contributed by atoms with E-state index < -0.39 is 72.1 Å². The van der Waals surface area contributed by atoms with Crippen LogP contribution in [-0.4, -0.2) is 36.5 Å². The second kappa shape index (κ2) is 13.0. The zero-order valence-electron chi connectivity index (χ0n) is 24.8. The molecule has 0 saturated carbocycles. The van der Waals surface area contributed by atoms with Gasteiger partial charge in [0.25, 0.3) is 0 Å². The molecule has 0 unspecified atom stereocenters. The van der Waals surface area contributed by atoms with Gasteiger partial charge in [-0.05, 0) is 36.8 Å². The number of hydrogen-bond acceptors (Lipinski definition) is 5. The SMILES string of the molecule is [2H]c1c([2H])c([2H])c(C([2H])([2H])[C@]([2H])(N)C(=O)N[C@@H](CCCCNC(=O)OCc2ccccc2)C(N)=O)c([2H])c1[2H]. The fourth-order valence-electron chi connectivity index (χ4n) is 2.46. The summed E-state index contributed by atoms with van der Waals surface area (Å²) in [7, 11) is 0. The number of rotatable bonds is 12. The molecule has 2 aromatic rings. The van der Waals surface area contributed by atoms with Crippen LogP contribution in [0.4, 0.5) is 4.79 Å². The first-order valence-corrected chi connectivity index (χ1v) is 9.54. The van der Waals surface area contributed by atoms with E-state index in [2.05, 4.69) is 10.6 Å². The van der Waals surface area contributed by atoms with Crippen LogP contribution < -0.4 is 22.1 Å². The highest BCUT2D eigenvalue weighted by molar-refractivity contribution is 5.89. The van der Waals surface area contributed by atoms with Crippen molar-refractivity contribution in [3.8, 4) is 0 Å². The maximum absolute atomic E-state index is 12.8. The zero-order valence-corrected chi connectivity index (χ0v) is 16.8. The number of carbonyl (C=O) groups excluding carboxylic acids is 3. The highest BCUT2D eigenvalue weighted by atomic mass is 16.5. The third-order valence-corrected chi connectivity index (χ3v) is 4.05. The van der Waals surface area contributed by atoms with Crippen molar-refractivity contribution in [2.75, 3.05) is 6.54 Å². The Bertz CT molecular complexity index is 1190. The summed E-state index contributed by atoms with van der Waals surface area (Å²) in [6.07, 6.45) is -3.31. The quantitative estimate of drug-likeness (QED) is 0.376. The Morgan fingerprint density at radius 3 is 2.48 bits per heavy atom. The minimum Gasteiger partial charge on any atom is -0.445 e. The van der Waals surface area contributed by atoms with E-state index >= 15 is 0 Å². The molecule has 0 bridgehead atoms. The number of amides is 3. The minimum atomic E-state index is -3.27. The highest BCUT2D eigenvalue weighted by Crippen LogP contribution is 2.05. The number of unbranched alkanes of at least 4 members (excludes halogenated alkanes) is 1. The Labute approximate surface area is 193 Å². The largest absolute Gasteiger partial charge is 0.445 e. The van der Waals surface area contributed by atoms with Gasteiger partial charge in [0.05, 0.1) is 14.2 Å². The van der Waals surface area contributed by atoms with Gasteiger partial charge in [0, 0.05) is 9.29 Å². The summed E-state index contributed by atoms with van der Waals surface area (Å²) in [5.74, 6) is -2.47. The number of alkyl carbamates (subject to hydrolysis) is 1. The second-order valence-electron chi connectivity index (χ2n) is 6.45. The lowest BCUT2D eigenvalue weighted by Crippen LogP contribution is -2.51. The maximum atomic E-state index is 12.8. The molecule has 8 heteroatoms. The van der Waals surface area contributed by atoms with E-state index in [9.17, 15) is 14.4 Å². The molecule has 0 aromatic heterocycles. The van der Waals surface area contributed by atoms with Crippen LogP contribution in [0.5, 0.6) is 0 Å². The normalized spacial score (nSPS) is 17.6. The van der Waals surface area contributed by atoms with Crippen LogP contribution >= 0.6 is 0 Å². The third kappa shape index (κ3) is 9.31. The summed E-state index contributed by atoms with van der Waals surface area (Å²) in [4.78, 5) is 36.5. The van der Waals surface area contributed by atoms with Crippen LogP contribution in [0.3, 0.4) is 0 Å². The molecule has 166 valence electrons. The van der Waals surface area contributed by atoms with Crippen molar-refractivity contribution < 1.29 is 30.1 Å². The lowest BCUT2D eigenvalue weighted by atomic mass is 10.0. The van der Waals surface area contributed by atoms with Crippen molar-refractivity contribution in [1.82, 2.24) is 10.6 Å². The van der Waals surface area contributed by atoms with Gasteiger partial charge in [0.1, 0.15) is 12.6 Å². The zero-order chi connectivity index (χ0) is 29.5. The van der Waals surface area contributed by atoms with Gasteiger partial charge in [0.2, 0.25) is 11.8 Å². The highest BCUT2D eigenvalue weighted by Gasteiger charge is 2.21. The number of benzene rings is 2. The Kier molecular flexibility index (Phi) is 6.13. The molecular weight excluding hydrogens is 396 g/mol. The Morgan fingerprint density at radius 2 is 1.81 bits per heavy atom. The Balaban J connectivity index is 1.98. The van der Waals surface area contributed by atoms with Crippen molar-refractivity contribution in [3.05, 3.63) is 71.7 Å².